The predicted octanol–water partition coefficient (Wildman–Crippen LogP) is 2.77. The van der Waals surface area contributed by atoms with Crippen LogP contribution in [0.15, 0.2) is 42.5 Å². The van der Waals surface area contributed by atoms with Crippen LogP contribution in [0.3, 0.4) is 0 Å². The number of amides is 1. The van der Waals surface area contributed by atoms with Crippen molar-refractivity contribution in [3.05, 3.63) is 53.1 Å². The highest BCUT2D eigenvalue weighted by Gasteiger charge is 2.46. The molecule has 5 nitrogen and oxygen atoms in total. The molecular formula is C17H17ClN2O3. The molecule has 23 heavy (non-hydrogen) atoms. The number of benzene rings is 2. The molecule has 0 aliphatic carbocycles. The second-order valence-electron chi connectivity index (χ2n) is 5.27. The summed E-state index contributed by atoms with van der Waals surface area (Å²) in [6, 6.07) is 12.0. The van der Waals surface area contributed by atoms with E-state index >= 15 is 0 Å². The third-order valence-corrected chi connectivity index (χ3v) is 4.31. The molecule has 0 spiro atoms. The van der Waals surface area contributed by atoms with E-state index in [0.717, 1.165) is 11.3 Å². The number of carbonyl (C=O) groups excluding carboxylic acids is 1. The van der Waals surface area contributed by atoms with Crippen LogP contribution in [0.1, 0.15) is 11.6 Å². The minimum absolute atomic E-state index is 0.132. The topological polar surface area (TPSA) is 64.8 Å². The molecule has 2 aromatic carbocycles. The molecule has 6 heteroatoms. The van der Waals surface area contributed by atoms with E-state index < -0.39 is 6.04 Å². The summed E-state index contributed by atoms with van der Waals surface area (Å²) >= 11 is 6.16. The zero-order chi connectivity index (χ0) is 16.6. The van der Waals surface area contributed by atoms with Crippen molar-refractivity contribution in [3.63, 3.8) is 0 Å². The fraction of sp³-hybridized carbons (Fsp3) is 0.235. The van der Waals surface area contributed by atoms with Crippen LogP contribution in [0.4, 0.5) is 5.69 Å². The highest BCUT2D eigenvalue weighted by atomic mass is 35.5. The first-order valence-corrected chi connectivity index (χ1v) is 7.50. The highest BCUT2D eigenvalue weighted by molar-refractivity contribution is 6.32. The van der Waals surface area contributed by atoms with Crippen LogP contribution in [-0.2, 0) is 4.79 Å². The average Bonchev–Trinajstić information content (AvgIpc) is 2.58. The van der Waals surface area contributed by atoms with Crippen LogP contribution in [0.5, 0.6) is 11.5 Å². The van der Waals surface area contributed by atoms with Gasteiger partial charge in [0.1, 0.15) is 17.5 Å². The third kappa shape index (κ3) is 2.62. The Labute approximate surface area is 139 Å². The predicted molar refractivity (Wildman–Crippen MR) is 89.2 cm³/mol. The second-order valence-corrected chi connectivity index (χ2v) is 5.68. The summed E-state index contributed by atoms with van der Waals surface area (Å²) in [4.78, 5) is 13.9. The fourth-order valence-electron chi connectivity index (χ4n) is 2.76. The largest absolute Gasteiger partial charge is 0.497 e. The van der Waals surface area contributed by atoms with Gasteiger partial charge in [-0.15, -0.1) is 0 Å². The van der Waals surface area contributed by atoms with Crippen LogP contribution in [0.2, 0.25) is 5.02 Å². The van der Waals surface area contributed by atoms with E-state index in [1.807, 2.05) is 24.3 Å². The van der Waals surface area contributed by atoms with Crippen LogP contribution in [0.25, 0.3) is 0 Å². The molecule has 2 atom stereocenters. The number of nitrogens with zero attached hydrogens (tertiary/aromatic N) is 1. The van der Waals surface area contributed by atoms with E-state index in [9.17, 15) is 4.79 Å². The molecule has 1 aliphatic rings. The van der Waals surface area contributed by atoms with Gasteiger partial charge in [-0.1, -0.05) is 23.7 Å². The van der Waals surface area contributed by atoms with Crippen LogP contribution in [-0.4, -0.2) is 26.2 Å². The van der Waals surface area contributed by atoms with E-state index in [-0.39, 0.29) is 11.9 Å². The van der Waals surface area contributed by atoms with Gasteiger partial charge in [0.05, 0.1) is 25.3 Å². The molecule has 1 fully saturated rings. The monoisotopic (exact) mass is 332 g/mol. The normalized spacial score (nSPS) is 20.2. The first-order valence-electron chi connectivity index (χ1n) is 7.13. The Kier molecular flexibility index (Phi) is 4.15. The number of methoxy groups -OCH3 is 2. The second kappa shape index (κ2) is 6.10. The van der Waals surface area contributed by atoms with Gasteiger partial charge < -0.3 is 20.1 Å². The molecule has 1 saturated heterocycles. The molecule has 1 heterocycles. The molecule has 3 rings (SSSR count). The quantitative estimate of drug-likeness (QED) is 0.874. The molecule has 2 N–H and O–H groups in total. The summed E-state index contributed by atoms with van der Waals surface area (Å²) in [5.74, 6) is 1.19. The molecule has 0 aromatic heterocycles. The standard InChI is InChI=1S/C17H17ClN2O3/c1-22-12-6-3-10(4-7-12)16-15(19)17(21)20(16)11-5-8-14(23-2)13(18)9-11/h3-9,15-16H,19H2,1-2H3/t15-,16+/m0/s1. The van der Waals surface area contributed by atoms with Crippen LogP contribution < -0.4 is 20.1 Å². The molecule has 1 amide bonds. The molecule has 0 radical (unpaired) electrons. The van der Waals surface area contributed by atoms with E-state index in [1.165, 1.54) is 0 Å². The fourth-order valence-corrected chi connectivity index (χ4v) is 3.01. The van der Waals surface area contributed by atoms with Crippen molar-refractivity contribution in [3.8, 4) is 11.5 Å². The van der Waals surface area contributed by atoms with Crippen molar-refractivity contribution in [2.75, 3.05) is 19.1 Å². The summed E-state index contributed by atoms with van der Waals surface area (Å²) in [5.41, 5.74) is 7.66. The van der Waals surface area contributed by atoms with Crippen molar-refractivity contribution in [2.24, 2.45) is 5.73 Å². The van der Waals surface area contributed by atoms with E-state index in [2.05, 4.69) is 0 Å². The number of nitrogens with two attached hydrogens (primary N) is 1. The number of hydrogen-bond donors (Lipinski definition) is 1. The minimum atomic E-state index is -0.565. The van der Waals surface area contributed by atoms with Gasteiger partial charge >= 0.3 is 0 Å². The molecule has 0 bridgehead atoms. The van der Waals surface area contributed by atoms with Crippen molar-refractivity contribution >= 4 is 23.2 Å². The van der Waals surface area contributed by atoms with Crippen LogP contribution >= 0.6 is 11.6 Å². The zero-order valence-corrected chi connectivity index (χ0v) is 13.6. The lowest BCUT2D eigenvalue weighted by Crippen LogP contribution is -2.63. The van der Waals surface area contributed by atoms with Gasteiger partial charge in [-0.05, 0) is 35.9 Å². The Bertz CT molecular complexity index is 733. The Balaban J connectivity index is 1.93. The minimum Gasteiger partial charge on any atom is -0.497 e. The summed E-state index contributed by atoms with van der Waals surface area (Å²) in [7, 11) is 3.16. The Hall–Kier alpha value is -2.24. The van der Waals surface area contributed by atoms with Crippen molar-refractivity contribution in [2.45, 2.75) is 12.1 Å². The molecule has 2 aromatic rings. The smallest absolute Gasteiger partial charge is 0.247 e. The molecule has 0 saturated carbocycles. The van der Waals surface area contributed by atoms with Gasteiger partial charge in [-0.3, -0.25) is 4.79 Å². The summed E-state index contributed by atoms with van der Waals surface area (Å²) in [6.45, 7) is 0. The number of ether oxygens (including phenoxy) is 2. The maximum Gasteiger partial charge on any atom is 0.247 e. The Morgan fingerprint density at radius 3 is 2.35 bits per heavy atom. The van der Waals surface area contributed by atoms with E-state index in [0.29, 0.717) is 16.5 Å². The number of anilines is 1. The van der Waals surface area contributed by atoms with Crippen molar-refractivity contribution in [1.82, 2.24) is 0 Å². The summed E-state index contributed by atoms with van der Waals surface area (Å²) in [5, 5.41) is 0.451. The molecule has 120 valence electrons. The lowest BCUT2D eigenvalue weighted by molar-refractivity contribution is -0.126. The lowest BCUT2D eigenvalue weighted by Gasteiger charge is -2.45. The van der Waals surface area contributed by atoms with Gasteiger partial charge in [0.15, 0.2) is 0 Å². The van der Waals surface area contributed by atoms with Crippen molar-refractivity contribution < 1.29 is 14.3 Å². The SMILES string of the molecule is COc1ccc([C@@H]2[C@H](N)C(=O)N2c2ccc(OC)c(Cl)c2)cc1. The molecular weight excluding hydrogens is 316 g/mol. The number of carbonyl (C=O) groups is 1. The van der Waals surface area contributed by atoms with Crippen LogP contribution in [0, 0.1) is 0 Å². The number of hydrogen-bond acceptors (Lipinski definition) is 4. The lowest BCUT2D eigenvalue weighted by atomic mass is 9.88. The average molecular weight is 333 g/mol. The van der Waals surface area contributed by atoms with Gasteiger partial charge in [0.2, 0.25) is 5.91 Å². The first kappa shape index (κ1) is 15.6. The maximum absolute atomic E-state index is 12.2. The third-order valence-electron chi connectivity index (χ3n) is 4.01. The Morgan fingerprint density at radius 2 is 1.78 bits per heavy atom. The van der Waals surface area contributed by atoms with Gasteiger partial charge in [-0.25, -0.2) is 0 Å². The maximum atomic E-state index is 12.2. The summed E-state index contributed by atoms with van der Waals surface area (Å²) < 4.78 is 10.3. The number of β-lactam (4-membered cyclic amide) rings is 1. The first-order chi connectivity index (χ1) is 11.1. The molecule has 0 unspecified atom stereocenters. The van der Waals surface area contributed by atoms with E-state index in [4.69, 9.17) is 26.8 Å². The van der Waals surface area contributed by atoms with Crippen molar-refractivity contribution in [1.29, 1.82) is 0 Å². The zero-order valence-electron chi connectivity index (χ0n) is 12.8. The highest BCUT2D eigenvalue weighted by Crippen LogP contribution is 2.40. The Morgan fingerprint density at radius 1 is 1.09 bits per heavy atom. The van der Waals surface area contributed by atoms with Gasteiger partial charge in [-0.2, -0.15) is 0 Å². The molecule has 1 aliphatic heterocycles. The van der Waals surface area contributed by atoms with Gasteiger partial charge in [0.25, 0.3) is 0 Å². The van der Waals surface area contributed by atoms with E-state index in [1.54, 1.807) is 37.3 Å². The number of rotatable bonds is 4. The van der Waals surface area contributed by atoms with Gasteiger partial charge in [0, 0.05) is 5.69 Å². The summed E-state index contributed by atoms with van der Waals surface area (Å²) in [6.07, 6.45) is 0. The number of halogens is 1.